The lowest BCUT2D eigenvalue weighted by Crippen LogP contribution is -2.38. The van der Waals surface area contributed by atoms with E-state index in [4.69, 9.17) is 0 Å². The lowest BCUT2D eigenvalue weighted by atomic mass is 10.0. The Kier molecular flexibility index (Phi) is 3.55. The SMILES string of the molecule is CC(C)C1CCCN1C(=O)c1ccc(F)cc1O. The topological polar surface area (TPSA) is 40.5 Å². The molecule has 1 aromatic carbocycles. The molecule has 0 aliphatic carbocycles. The van der Waals surface area contributed by atoms with Crippen LogP contribution in [0.15, 0.2) is 18.2 Å². The number of benzene rings is 1. The molecule has 0 saturated carbocycles. The van der Waals surface area contributed by atoms with Gasteiger partial charge in [-0.2, -0.15) is 0 Å². The van der Waals surface area contributed by atoms with Crippen LogP contribution in [0.5, 0.6) is 5.75 Å². The van der Waals surface area contributed by atoms with Crippen molar-refractivity contribution in [2.24, 2.45) is 5.92 Å². The molecule has 0 aromatic heterocycles. The molecule has 0 radical (unpaired) electrons. The van der Waals surface area contributed by atoms with Crippen LogP contribution in [0.1, 0.15) is 37.0 Å². The Morgan fingerprint density at radius 3 is 2.83 bits per heavy atom. The van der Waals surface area contributed by atoms with Gasteiger partial charge in [-0.3, -0.25) is 4.79 Å². The molecule has 1 heterocycles. The van der Waals surface area contributed by atoms with Gasteiger partial charge in [0.1, 0.15) is 11.6 Å². The van der Waals surface area contributed by atoms with Crippen LogP contribution in [-0.2, 0) is 0 Å². The third-order valence-electron chi connectivity index (χ3n) is 3.52. The largest absolute Gasteiger partial charge is 0.507 e. The van der Waals surface area contributed by atoms with E-state index >= 15 is 0 Å². The van der Waals surface area contributed by atoms with Crippen LogP contribution < -0.4 is 0 Å². The summed E-state index contributed by atoms with van der Waals surface area (Å²) < 4.78 is 12.9. The molecular weight excluding hydrogens is 233 g/mol. The summed E-state index contributed by atoms with van der Waals surface area (Å²) in [5, 5.41) is 9.66. The molecule has 1 amide bonds. The highest BCUT2D eigenvalue weighted by Gasteiger charge is 2.32. The van der Waals surface area contributed by atoms with Crippen molar-refractivity contribution in [3.05, 3.63) is 29.6 Å². The van der Waals surface area contributed by atoms with Gasteiger partial charge in [0.15, 0.2) is 0 Å². The van der Waals surface area contributed by atoms with Gasteiger partial charge < -0.3 is 10.0 Å². The monoisotopic (exact) mass is 251 g/mol. The van der Waals surface area contributed by atoms with Crippen molar-refractivity contribution < 1.29 is 14.3 Å². The van der Waals surface area contributed by atoms with Crippen molar-refractivity contribution >= 4 is 5.91 Å². The minimum atomic E-state index is -0.536. The number of likely N-dealkylation sites (tertiary alicyclic amines) is 1. The van der Waals surface area contributed by atoms with Crippen LogP contribution in [0, 0.1) is 11.7 Å². The predicted molar refractivity (Wildman–Crippen MR) is 67.0 cm³/mol. The van der Waals surface area contributed by atoms with Gasteiger partial charge >= 0.3 is 0 Å². The summed E-state index contributed by atoms with van der Waals surface area (Å²) in [6, 6.07) is 3.74. The molecule has 1 aromatic rings. The molecule has 1 fully saturated rings. The van der Waals surface area contributed by atoms with Crippen molar-refractivity contribution in [2.45, 2.75) is 32.7 Å². The number of hydrogen-bond acceptors (Lipinski definition) is 2. The molecule has 3 nitrogen and oxygen atoms in total. The molecule has 2 rings (SSSR count). The Hall–Kier alpha value is -1.58. The Morgan fingerprint density at radius 2 is 2.22 bits per heavy atom. The number of hydrogen-bond donors (Lipinski definition) is 1. The third-order valence-corrected chi connectivity index (χ3v) is 3.52. The van der Waals surface area contributed by atoms with E-state index in [9.17, 15) is 14.3 Å². The summed E-state index contributed by atoms with van der Waals surface area (Å²) in [7, 11) is 0. The predicted octanol–water partition coefficient (Wildman–Crippen LogP) is 2.79. The number of phenolic OH excluding ortho intramolecular Hbond substituents is 1. The van der Waals surface area contributed by atoms with Crippen LogP contribution in [0.4, 0.5) is 4.39 Å². The molecule has 1 N–H and O–H groups in total. The van der Waals surface area contributed by atoms with Crippen LogP contribution in [0.25, 0.3) is 0 Å². The number of carbonyl (C=O) groups excluding carboxylic acids is 1. The molecule has 0 spiro atoms. The fraction of sp³-hybridized carbons (Fsp3) is 0.500. The summed E-state index contributed by atoms with van der Waals surface area (Å²) in [4.78, 5) is 14.1. The number of phenols is 1. The molecule has 1 atom stereocenters. The second-order valence-corrected chi connectivity index (χ2v) is 5.11. The quantitative estimate of drug-likeness (QED) is 0.878. The Labute approximate surface area is 106 Å². The fourth-order valence-corrected chi connectivity index (χ4v) is 2.58. The highest BCUT2D eigenvalue weighted by atomic mass is 19.1. The summed E-state index contributed by atoms with van der Waals surface area (Å²) in [5.74, 6) is -0.636. The Bertz CT molecular complexity index is 459. The first-order chi connectivity index (χ1) is 8.50. The molecule has 1 unspecified atom stereocenters. The Morgan fingerprint density at radius 1 is 1.50 bits per heavy atom. The smallest absolute Gasteiger partial charge is 0.257 e. The molecule has 4 heteroatoms. The maximum absolute atomic E-state index is 12.9. The summed E-state index contributed by atoms with van der Waals surface area (Å²) in [6.45, 7) is 4.88. The highest BCUT2D eigenvalue weighted by molar-refractivity contribution is 5.97. The molecule has 1 saturated heterocycles. The Balaban J connectivity index is 2.25. The molecular formula is C14H18FNO2. The van der Waals surface area contributed by atoms with E-state index in [0.717, 1.165) is 18.9 Å². The normalized spacial score (nSPS) is 19.6. The summed E-state index contributed by atoms with van der Waals surface area (Å²) in [6.07, 6.45) is 1.97. The second-order valence-electron chi connectivity index (χ2n) is 5.11. The van der Waals surface area contributed by atoms with E-state index < -0.39 is 5.82 Å². The van der Waals surface area contributed by atoms with E-state index in [-0.39, 0.29) is 23.3 Å². The molecule has 1 aliphatic rings. The lowest BCUT2D eigenvalue weighted by Gasteiger charge is -2.28. The van der Waals surface area contributed by atoms with Crippen LogP contribution in [0.3, 0.4) is 0 Å². The molecule has 0 bridgehead atoms. The van der Waals surface area contributed by atoms with Gasteiger partial charge in [0.2, 0.25) is 0 Å². The fourth-order valence-electron chi connectivity index (χ4n) is 2.58. The average Bonchev–Trinajstić information content (AvgIpc) is 2.77. The third kappa shape index (κ3) is 2.33. The molecule has 18 heavy (non-hydrogen) atoms. The van der Waals surface area contributed by atoms with E-state index in [2.05, 4.69) is 13.8 Å². The number of aromatic hydroxyl groups is 1. The van der Waals surface area contributed by atoms with Crippen LogP contribution in [-0.4, -0.2) is 28.5 Å². The number of halogens is 1. The van der Waals surface area contributed by atoms with Crippen molar-refractivity contribution in [1.82, 2.24) is 4.90 Å². The first kappa shape index (κ1) is 12.9. The highest BCUT2D eigenvalue weighted by Crippen LogP contribution is 2.28. The van der Waals surface area contributed by atoms with Crippen molar-refractivity contribution in [1.29, 1.82) is 0 Å². The zero-order chi connectivity index (χ0) is 13.3. The van der Waals surface area contributed by atoms with Crippen molar-refractivity contribution in [2.75, 3.05) is 6.54 Å². The lowest BCUT2D eigenvalue weighted by molar-refractivity contribution is 0.0698. The van der Waals surface area contributed by atoms with Crippen LogP contribution in [0.2, 0.25) is 0 Å². The first-order valence-corrected chi connectivity index (χ1v) is 6.30. The van der Waals surface area contributed by atoms with Gasteiger partial charge in [-0.1, -0.05) is 13.8 Å². The van der Waals surface area contributed by atoms with Gasteiger partial charge in [-0.15, -0.1) is 0 Å². The number of nitrogens with zero attached hydrogens (tertiary/aromatic N) is 1. The number of carbonyl (C=O) groups is 1. The molecule has 1 aliphatic heterocycles. The minimum Gasteiger partial charge on any atom is -0.507 e. The zero-order valence-corrected chi connectivity index (χ0v) is 10.7. The van der Waals surface area contributed by atoms with E-state index in [1.807, 2.05) is 0 Å². The number of amides is 1. The maximum atomic E-state index is 12.9. The number of rotatable bonds is 2. The van der Waals surface area contributed by atoms with E-state index in [1.165, 1.54) is 12.1 Å². The zero-order valence-electron chi connectivity index (χ0n) is 10.7. The van der Waals surface area contributed by atoms with Crippen molar-refractivity contribution in [3.8, 4) is 5.75 Å². The summed E-state index contributed by atoms with van der Waals surface area (Å²) >= 11 is 0. The van der Waals surface area contributed by atoms with Gasteiger partial charge in [0.05, 0.1) is 5.56 Å². The van der Waals surface area contributed by atoms with Gasteiger partial charge in [0.25, 0.3) is 5.91 Å². The first-order valence-electron chi connectivity index (χ1n) is 6.30. The van der Waals surface area contributed by atoms with E-state index in [0.29, 0.717) is 12.5 Å². The van der Waals surface area contributed by atoms with Gasteiger partial charge in [-0.25, -0.2) is 4.39 Å². The van der Waals surface area contributed by atoms with Crippen LogP contribution >= 0.6 is 0 Å². The maximum Gasteiger partial charge on any atom is 0.257 e. The second kappa shape index (κ2) is 4.96. The minimum absolute atomic E-state index is 0.184. The van der Waals surface area contributed by atoms with E-state index in [1.54, 1.807) is 4.90 Å². The molecule has 98 valence electrons. The standard InChI is InChI=1S/C14H18FNO2/c1-9(2)12-4-3-7-16(12)14(18)11-6-5-10(15)8-13(11)17/h5-6,8-9,12,17H,3-4,7H2,1-2H3. The summed E-state index contributed by atoms with van der Waals surface area (Å²) in [5.41, 5.74) is 0.184. The van der Waals surface area contributed by atoms with Gasteiger partial charge in [-0.05, 0) is 30.9 Å². The average molecular weight is 251 g/mol. The van der Waals surface area contributed by atoms with Crippen molar-refractivity contribution in [3.63, 3.8) is 0 Å². The van der Waals surface area contributed by atoms with Gasteiger partial charge in [0, 0.05) is 18.7 Å².